The van der Waals surface area contributed by atoms with Crippen LogP contribution in [0, 0.1) is 5.92 Å². The molecule has 0 N–H and O–H groups in total. The number of rotatable bonds is 8. The summed E-state index contributed by atoms with van der Waals surface area (Å²) in [6.45, 7) is 11.0. The zero-order valence-corrected chi connectivity index (χ0v) is 9.73. The number of allylic oxidation sites excluding steroid dienone is 1. The Morgan fingerprint density at radius 1 is 1.00 bits per heavy atom. The van der Waals surface area contributed by atoms with Crippen molar-refractivity contribution in [3.05, 3.63) is 12.2 Å². The maximum atomic E-state index is 4.23. The molecule has 0 heterocycles. The molecule has 0 atom stereocenters. The van der Waals surface area contributed by atoms with Gasteiger partial charge in [0.1, 0.15) is 0 Å². The summed E-state index contributed by atoms with van der Waals surface area (Å²) < 4.78 is 0. The maximum Gasteiger partial charge on any atom is -0.0206 e. The second kappa shape index (κ2) is 8.34. The van der Waals surface area contributed by atoms with Gasteiger partial charge in [0.05, 0.1) is 0 Å². The smallest absolute Gasteiger partial charge is 0.0206 e. The van der Waals surface area contributed by atoms with Gasteiger partial charge >= 0.3 is 0 Å². The lowest BCUT2D eigenvalue weighted by atomic mass is 9.88. The number of hydrogen-bond donors (Lipinski definition) is 0. The van der Waals surface area contributed by atoms with E-state index in [9.17, 15) is 0 Å². The van der Waals surface area contributed by atoms with E-state index >= 15 is 0 Å². The molecule has 0 saturated carbocycles. The predicted octanol–water partition coefficient (Wildman–Crippen LogP) is 4.95. The molecule has 0 fully saturated rings. The minimum atomic E-state index is 0.807. The lowest BCUT2D eigenvalue weighted by Crippen LogP contribution is -2.03. The summed E-state index contributed by atoms with van der Waals surface area (Å²) in [6.07, 6.45) is 9.16. The first-order valence-electron chi connectivity index (χ1n) is 5.93. The monoisotopic (exact) mass is 182 g/mol. The van der Waals surface area contributed by atoms with Crippen molar-refractivity contribution in [2.75, 3.05) is 0 Å². The first kappa shape index (κ1) is 12.7. The molecule has 0 radical (unpaired) electrons. The molecule has 0 heteroatoms. The zero-order chi connectivity index (χ0) is 10.1. The van der Waals surface area contributed by atoms with Crippen molar-refractivity contribution in [2.45, 2.75) is 65.7 Å². The van der Waals surface area contributed by atoms with E-state index < -0.39 is 0 Å². The predicted molar refractivity (Wildman–Crippen MR) is 62.0 cm³/mol. The van der Waals surface area contributed by atoms with E-state index in [1.807, 2.05) is 0 Å². The fourth-order valence-corrected chi connectivity index (χ4v) is 1.86. The molecular formula is C13H26. The first-order valence-corrected chi connectivity index (χ1v) is 5.93. The molecule has 0 saturated heterocycles. The Bertz CT molecular complexity index is 118. The van der Waals surface area contributed by atoms with E-state index in [-0.39, 0.29) is 0 Å². The molecule has 0 aliphatic rings. The zero-order valence-electron chi connectivity index (χ0n) is 9.73. The Morgan fingerprint density at radius 3 is 1.92 bits per heavy atom. The Morgan fingerprint density at radius 2 is 1.54 bits per heavy atom. The Hall–Kier alpha value is -0.260. The topological polar surface area (TPSA) is 0 Å². The van der Waals surface area contributed by atoms with Crippen LogP contribution in [0.4, 0.5) is 0 Å². The van der Waals surface area contributed by atoms with Gasteiger partial charge in [0.25, 0.3) is 0 Å². The summed E-state index contributed by atoms with van der Waals surface area (Å²) in [5.74, 6) is 0.807. The second-order valence-corrected chi connectivity index (χ2v) is 4.04. The highest BCUT2D eigenvalue weighted by Gasteiger charge is 2.09. The molecule has 0 spiro atoms. The lowest BCUT2D eigenvalue weighted by Gasteiger charge is -2.18. The Kier molecular flexibility index (Phi) is 8.18. The van der Waals surface area contributed by atoms with Crippen LogP contribution in [0.5, 0.6) is 0 Å². The fraction of sp³-hybridized carbons (Fsp3) is 0.846. The van der Waals surface area contributed by atoms with Crippen LogP contribution >= 0.6 is 0 Å². The largest absolute Gasteiger partial charge is 0.0996 e. The highest BCUT2D eigenvalue weighted by atomic mass is 14.1. The van der Waals surface area contributed by atoms with Crippen molar-refractivity contribution in [1.29, 1.82) is 0 Å². The van der Waals surface area contributed by atoms with E-state index in [0.29, 0.717) is 0 Å². The summed E-state index contributed by atoms with van der Waals surface area (Å²) in [7, 11) is 0. The fourth-order valence-electron chi connectivity index (χ4n) is 1.86. The minimum Gasteiger partial charge on any atom is -0.0996 e. The van der Waals surface area contributed by atoms with Crippen molar-refractivity contribution < 1.29 is 0 Å². The van der Waals surface area contributed by atoms with Crippen LogP contribution in [0.1, 0.15) is 65.7 Å². The molecule has 0 rings (SSSR count). The summed E-state index contributed by atoms with van der Waals surface area (Å²) in [5, 5.41) is 0. The van der Waals surface area contributed by atoms with E-state index in [4.69, 9.17) is 0 Å². The molecule has 0 nitrogen and oxygen atoms in total. The summed E-state index contributed by atoms with van der Waals surface area (Å²) >= 11 is 0. The van der Waals surface area contributed by atoms with Crippen LogP contribution < -0.4 is 0 Å². The molecule has 0 amide bonds. The van der Waals surface area contributed by atoms with Gasteiger partial charge in [-0.15, -0.1) is 0 Å². The van der Waals surface area contributed by atoms with Crippen LogP contribution in [-0.2, 0) is 0 Å². The van der Waals surface area contributed by atoms with E-state index in [0.717, 1.165) is 5.92 Å². The van der Waals surface area contributed by atoms with Crippen molar-refractivity contribution in [2.24, 2.45) is 5.92 Å². The Labute approximate surface area is 84.4 Å². The first-order chi connectivity index (χ1) is 6.26. The van der Waals surface area contributed by atoms with E-state index in [1.54, 1.807) is 0 Å². The molecule has 0 aromatic rings. The number of hydrogen-bond acceptors (Lipinski definition) is 0. The third kappa shape index (κ3) is 5.90. The van der Waals surface area contributed by atoms with Crippen molar-refractivity contribution in [1.82, 2.24) is 0 Å². The van der Waals surface area contributed by atoms with Crippen LogP contribution in [0.2, 0.25) is 0 Å². The highest BCUT2D eigenvalue weighted by molar-refractivity contribution is 5.00. The minimum absolute atomic E-state index is 0.807. The van der Waals surface area contributed by atoms with Crippen LogP contribution in [0.15, 0.2) is 12.2 Å². The third-order valence-electron chi connectivity index (χ3n) is 2.70. The SMILES string of the molecule is C=C(CCCC)C(CCC)CCC. The van der Waals surface area contributed by atoms with Gasteiger partial charge in [0, 0.05) is 0 Å². The Balaban J connectivity index is 3.80. The van der Waals surface area contributed by atoms with Gasteiger partial charge in [-0.05, 0) is 31.6 Å². The van der Waals surface area contributed by atoms with Gasteiger partial charge in [-0.1, -0.05) is 52.2 Å². The highest BCUT2D eigenvalue weighted by Crippen LogP contribution is 2.24. The maximum absolute atomic E-state index is 4.23. The van der Waals surface area contributed by atoms with Crippen LogP contribution in [-0.4, -0.2) is 0 Å². The second-order valence-electron chi connectivity index (χ2n) is 4.04. The molecule has 78 valence electrons. The lowest BCUT2D eigenvalue weighted by molar-refractivity contribution is 0.486. The average molecular weight is 182 g/mol. The standard InChI is InChI=1S/C13H26/c1-5-8-11-12(4)13(9-6-2)10-7-3/h13H,4-11H2,1-3H3. The van der Waals surface area contributed by atoms with Gasteiger partial charge in [-0.3, -0.25) is 0 Å². The third-order valence-corrected chi connectivity index (χ3v) is 2.70. The van der Waals surface area contributed by atoms with Gasteiger partial charge < -0.3 is 0 Å². The summed E-state index contributed by atoms with van der Waals surface area (Å²) in [6, 6.07) is 0. The van der Waals surface area contributed by atoms with Gasteiger partial charge in [-0.2, -0.15) is 0 Å². The van der Waals surface area contributed by atoms with Crippen molar-refractivity contribution >= 4 is 0 Å². The van der Waals surface area contributed by atoms with Crippen LogP contribution in [0.3, 0.4) is 0 Å². The number of unbranched alkanes of at least 4 members (excludes halogenated alkanes) is 1. The molecular weight excluding hydrogens is 156 g/mol. The van der Waals surface area contributed by atoms with E-state index in [2.05, 4.69) is 27.4 Å². The molecule has 0 aliphatic carbocycles. The molecule has 0 aliphatic heterocycles. The van der Waals surface area contributed by atoms with Crippen molar-refractivity contribution in [3.63, 3.8) is 0 Å². The van der Waals surface area contributed by atoms with Gasteiger partial charge in [0.2, 0.25) is 0 Å². The van der Waals surface area contributed by atoms with Crippen molar-refractivity contribution in [3.8, 4) is 0 Å². The van der Waals surface area contributed by atoms with Crippen LogP contribution in [0.25, 0.3) is 0 Å². The quantitative estimate of drug-likeness (QED) is 0.466. The molecule has 13 heavy (non-hydrogen) atoms. The average Bonchev–Trinajstić information content (AvgIpc) is 2.14. The van der Waals surface area contributed by atoms with E-state index in [1.165, 1.54) is 50.5 Å². The van der Waals surface area contributed by atoms with Gasteiger partial charge in [0.15, 0.2) is 0 Å². The molecule has 0 aromatic carbocycles. The summed E-state index contributed by atoms with van der Waals surface area (Å²) in [5.41, 5.74) is 1.51. The molecule has 0 unspecified atom stereocenters. The summed E-state index contributed by atoms with van der Waals surface area (Å²) in [4.78, 5) is 0. The normalized spacial score (nSPS) is 10.8. The molecule has 0 aromatic heterocycles. The van der Waals surface area contributed by atoms with Gasteiger partial charge in [-0.25, -0.2) is 0 Å². The molecule has 0 bridgehead atoms.